The number of halogens is 1. The smallest absolute Gasteiger partial charge is 0.239 e. The van der Waals surface area contributed by atoms with E-state index < -0.39 is 0 Å². The topological polar surface area (TPSA) is 76.7 Å². The molecule has 0 saturated heterocycles. The molecule has 0 aromatic carbocycles. The lowest BCUT2D eigenvalue weighted by Gasteiger charge is -1.98. The van der Waals surface area contributed by atoms with Gasteiger partial charge in [-0.05, 0) is 12.5 Å². The zero-order chi connectivity index (χ0) is 11.4. The molecule has 0 aliphatic heterocycles. The second kappa shape index (κ2) is 4.79. The Hall–Kier alpha value is -1.56. The monoisotopic (exact) mass is 239 g/mol. The van der Waals surface area contributed by atoms with Crippen LogP contribution in [0.4, 0.5) is 5.00 Å². The van der Waals surface area contributed by atoms with Crippen LogP contribution in [0.3, 0.4) is 0 Å². The molecule has 76 valence electrons. The van der Waals surface area contributed by atoms with E-state index in [1.807, 2.05) is 12.1 Å². The molecule has 1 N–H and O–H groups in total. The van der Waals surface area contributed by atoms with Crippen LogP contribution in [0, 0.1) is 29.6 Å². The molecule has 1 aromatic rings. The molecule has 0 unspecified atom stereocenters. The Balaban J connectivity index is 3.15. The lowest BCUT2D eigenvalue weighted by Crippen LogP contribution is -2.12. The van der Waals surface area contributed by atoms with Crippen molar-refractivity contribution in [2.45, 2.75) is 6.92 Å². The third kappa shape index (κ3) is 2.27. The number of nitrogens with one attached hydrogen (secondary N) is 1. The van der Waals surface area contributed by atoms with Crippen molar-refractivity contribution < 1.29 is 4.79 Å². The fourth-order valence-corrected chi connectivity index (χ4v) is 2.04. The molecule has 1 aromatic heterocycles. The van der Waals surface area contributed by atoms with Crippen LogP contribution < -0.4 is 5.32 Å². The van der Waals surface area contributed by atoms with Gasteiger partial charge in [-0.1, -0.05) is 0 Å². The van der Waals surface area contributed by atoms with Crippen LogP contribution in [0.2, 0.25) is 0 Å². The van der Waals surface area contributed by atoms with Crippen LogP contribution in [0.15, 0.2) is 0 Å². The highest BCUT2D eigenvalue weighted by atomic mass is 35.5. The normalized spacial score (nSPS) is 9.07. The van der Waals surface area contributed by atoms with E-state index in [1.165, 1.54) is 0 Å². The minimum absolute atomic E-state index is 0.177. The lowest BCUT2D eigenvalue weighted by atomic mass is 10.2. The van der Waals surface area contributed by atoms with Crippen molar-refractivity contribution in [3.8, 4) is 12.1 Å². The largest absolute Gasteiger partial charge is 0.316 e. The zero-order valence-electron chi connectivity index (χ0n) is 7.80. The highest BCUT2D eigenvalue weighted by Crippen LogP contribution is 2.31. The first-order valence-corrected chi connectivity index (χ1v) is 5.28. The molecular weight excluding hydrogens is 234 g/mol. The summed E-state index contributed by atoms with van der Waals surface area (Å²) in [5.74, 6) is -0.567. The highest BCUT2D eigenvalue weighted by Gasteiger charge is 2.15. The van der Waals surface area contributed by atoms with E-state index in [4.69, 9.17) is 22.1 Å². The maximum Gasteiger partial charge on any atom is 0.239 e. The maximum atomic E-state index is 11.0. The van der Waals surface area contributed by atoms with Crippen molar-refractivity contribution in [1.82, 2.24) is 0 Å². The number of carbonyl (C=O) groups is 1. The van der Waals surface area contributed by atoms with Gasteiger partial charge in [0, 0.05) is 0 Å². The van der Waals surface area contributed by atoms with E-state index in [0.29, 0.717) is 21.0 Å². The van der Waals surface area contributed by atoms with E-state index in [-0.39, 0.29) is 11.8 Å². The third-order valence-corrected chi connectivity index (χ3v) is 3.09. The van der Waals surface area contributed by atoms with Crippen LogP contribution in [-0.2, 0) is 4.79 Å². The summed E-state index contributed by atoms with van der Waals surface area (Å²) in [7, 11) is 0. The number of rotatable bonds is 2. The van der Waals surface area contributed by atoms with E-state index in [1.54, 1.807) is 6.92 Å². The molecule has 0 fully saturated rings. The molecule has 4 nitrogen and oxygen atoms in total. The van der Waals surface area contributed by atoms with Crippen LogP contribution in [0.1, 0.15) is 16.0 Å². The fraction of sp³-hybridized carbons (Fsp3) is 0.222. The van der Waals surface area contributed by atoms with E-state index in [2.05, 4.69) is 5.32 Å². The van der Waals surface area contributed by atoms with Crippen molar-refractivity contribution in [1.29, 1.82) is 10.5 Å². The summed E-state index contributed by atoms with van der Waals surface area (Å²) in [4.78, 5) is 11.5. The summed E-state index contributed by atoms with van der Waals surface area (Å²) in [5.41, 5.74) is 0.921. The van der Waals surface area contributed by atoms with E-state index >= 15 is 0 Å². The number of anilines is 1. The van der Waals surface area contributed by atoms with Gasteiger partial charge in [-0.15, -0.1) is 22.9 Å². The lowest BCUT2D eigenvalue weighted by molar-refractivity contribution is -0.113. The minimum Gasteiger partial charge on any atom is -0.316 e. The third-order valence-electron chi connectivity index (χ3n) is 1.73. The van der Waals surface area contributed by atoms with Crippen LogP contribution >= 0.6 is 22.9 Å². The summed E-state index contributed by atoms with van der Waals surface area (Å²) in [6.07, 6.45) is 0. The average molecular weight is 240 g/mol. The first-order valence-electron chi connectivity index (χ1n) is 3.93. The number of thiophene rings is 1. The Morgan fingerprint density at radius 3 is 2.67 bits per heavy atom. The number of nitrogens with zero attached hydrogens (tertiary/aromatic N) is 2. The molecule has 6 heteroatoms. The molecule has 0 radical (unpaired) electrons. The number of alkyl halides is 1. The summed E-state index contributed by atoms with van der Waals surface area (Å²) >= 11 is 6.40. The molecule has 0 bridgehead atoms. The van der Waals surface area contributed by atoms with Crippen molar-refractivity contribution in [2.75, 3.05) is 11.2 Å². The van der Waals surface area contributed by atoms with Gasteiger partial charge in [-0.25, -0.2) is 0 Å². The highest BCUT2D eigenvalue weighted by molar-refractivity contribution is 7.17. The first kappa shape index (κ1) is 11.5. The molecular formula is C9H6ClN3OS. The second-order valence-electron chi connectivity index (χ2n) is 2.67. The fourth-order valence-electron chi connectivity index (χ4n) is 1.00. The molecule has 0 aliphatic rings. The Labute approximate surface area is 95.7 Å². The van der Waals surface area contributed by atoms with Gasteiger partial charge in [0.05, 0.1) is 5.56 Å². The van der Waals surface area contributed by atoms with Gasteiger partial charge >= 0.3 is 0 Å². The molecule has 1 rings (SSSR count). The molecule has 0 atom stereocenters. The first-order chi connectivity index (χ1) is 7.13. The molecule has 0 saturated carbocycles. The molecule has 15 heavy (non-hydrogen) atoms. The molecule has 0 spiro atoms. The van der Waals surface area contributed by atoms with Gasteiger partial charge in [0.1, 0.15) is 27.9 Å². The zero-order valence-corrected chi connectivity index (χ0v) is 9.37. The molecule has 0 aliphatic carbocycles. The Bertz CT molecular complexity index is 481. The van der Waals surface area contributed by atoms with Gasteiger partial charge in [-0.3, -0.25) is 4.79 Å². The van der Waals surface area contributed by atoms with E-state index in [0.717, 1.165) is 11.3 Å². The van der Waals surface area contributed by atoms with Crippen LogP contribution in [0.5, 0.6) is 0 Å². The molecule has 1 amide bonds. The summed E-state index contributed by atoms with van der Waals surface area (Å²) < 4.78 is 0. The van der Waals surface area contributed by atoms with Gasteiger partial charge in [0.2, 0.25) is 5.91 Å². The number of nitriles is 2. The number of hydrogen-bond donors (Lipinski definition) is 1. The summed E-state index contributed by atoms with van der Waals surface area (Å²) in [6.45, 7) is 1.67. The van der Waals surface area contributed by atoms with Gasteiger partial charge in [0.15, 0.2) is 0 Å². The van der Waals surface area contributed by atoms with Crippen LogP contribution in [0.25, 0.3) is 0 Å². The molecule has 1 heterocycles. The predicted octanol–water partition coefficient (Wildman–Crippen LogP) is 1.98. The maximum absolute atomic E-state index is 11.0. The SMILES string of the molecule is Cc1c(C#N)sc(NC(=O)CCl)c1C#N. The quantitative estimate of drug-likeness (QED) is 0.802. The summed E-state index contributed by atoms with van der Waals surface area (Å²) in [6, 6.07) is 3.91. The minimum atomic E-state index is -0.390. The van der Waals surface area contributed by atoms with Gasteiger partial charge < -0.3 is 5.32 Å². The number of hydrogen-bond acceptors (Lipinski definition) is 4. The van der Waals surface area contributed by atoms with Crippen molar-refractivity contribution in [3.05, 3.63) is 16.0 Å². The number of carbonyl (C=O) groups excluding carboxylic acids is 1. The summed E-state index contributed by atoms with van der Waals surface area (Å²) in [5, 5.41) is 20.5. The predicted molar refractivity (Wildman–Crippen MR) is 57.8 cm³/mol. The standard InChI is InChI=1S/C9H6ClN3OS/c1-5-6(3-11)9(13-8(14)2-10)15-7(5)4-12/h2H2,1H3,(H,13,14). The van der Waals surface area contributed by atoms with Crippen LogP contribution in [-0.4, -0.2) is 11.8 Å². The van der Waals surface area contributed by atoms with E-state index in [9.17, 15) is 4.79 Å². The number of amides is 1. The van der Waals surface area contributed by atoms with Crippen molar-refractivity contribution >= 4 is 33.8 Å². The Morgan fingerprint density at radius 2 is 2.20 bits per heavy atom. The van der Waals surface area contributed by atoms with Crippen molar-refractivity contribution in [2.24, 2.45) is 0 Å². The average Bonchev–Trinajstić information content (AvgIpc) is 2.54. The second-order valence-corrected chi connectivity index (χ2v) is 3.95. The van der Waals surface area contributed by atoms with Gasteiger partial charge in [0.25, 0.3) is 0 Å². The van der Waals surface area contributed by atoms with Gasteiger partial charge in [-0.2, -0.15) is 10.5 Å². The Morgan fingerprint density at radius 1 is 1.53 bits per heavy atom. The van der Waals surface area contributed by atoms with Crippen molar-refractivity contribution in [3.63, 3.8) is 0 Å². The Kier molecular flexibility index (Phi) is 3.68.